The highest BCUT2D eigenvalue weighted by Gasteiger charge is 2.39. The van der Waals surface area contributed by atoms with Gasteiger partial charge in [-0.15, -0.1) is 0 Å². The third kappa shape index (κ3) is 5.49. The summed E-state index contributed by atoms with van der Waals surface area (Å²) in [5, 5.41) is 2.75. The SMILES string of the molecule is COC(=O)[C@H](CCS(=O)(=O)c1ccccc1)NC(=O)C(C)(c1ccccc1)c1ccccc1. The van der Waals surface area contributed by atoms with Crippen LogP contribution in [0, 0.1) is 0 Å². The van der Waals surface area contributed by atoms with Crippen molar-refractivity contribution in [3.8, 4) is 0 Å². The number of carbonyl (C=O) groups is 2. The molecule has 0 spiro atoms. The van der Waals surface area contributed by atoms with Gasteiger partial charge in [0.2, 0.25) is 5.91 Å². The molecule has 0 aromatic heterocycles. The summed E-state index contributed by atoms with van der Waals surface area (Å²) in [4.78, 5) is 26.3. The van der Waals surface area contributed by atoms with Crippen molar-refractivity contribution in [2.24, 2.45) is 0 Å². The molecular formula is C26H27NO5S. The van der Waals surface area contributed by atoms with Crippen molar-refractivity contribution in [2.45, 2.75) is 29.7 Å². The minimum Gasteiger partial charge on any atom is -0.467 e. The summed E-state index contributed by atoms with van der Waals surface area (Å²) in [5.74, 6) is -1.44. The molecule has 1 N–H and O–H groups in total. The second-order valence-electron chi connectivity index (χ2n) is 7.83. The minimum absolute atomic E-state index is 0.116. The standard InChI is InChI=1S/C26H27NO5S/c1-26(20-12-6-3-7-13-20,21-14-8-4-9-15-21)25(29)27-23(24(28)32-2)18-19-33(30,31)22-16-10-5-11-17-22/h3-17,23H,18-19H2,1-2H3,(H,27,29)/t23-/m0/s1. The fraction of sp³-hybridized carbons (Fsp3) is 0.231. The zero-order valence-corrected chi connectivity index (χ0v) is 19.4. The number of hydrogen-bond acceptors (Lipinski definition) is 5. The lowest BCUT2D eigenvalue weighted by atomic mass is 9.75. The second-order valence-corrected chi connectivity index (χ2v) is 9.94. The molecule has 0 heterocycles. The zero-order chi connectivity index (χ0) is 23.9. The van der Waals surface area contributed by atoms with Crippen LogP contribution in [0.4, 0.5) is 0 Å². The van der Waals surface area contributed by atoms with Crippen molar-refractivity contribution in [1.82, 2.24) is 5.32 Å². The van der Waals surface area contributed by atoms with Crippen LogP contribution in [0.25, 0.3) is 0 Å². The van der Waals surface area contributed by atoms with Gasteiger partial charge in [-0.1, -0.05) is 78.9 Å². The van der Waals surface area contributed by atoms with Gasteiger partial charge in [-0.05, 0) is 36.6 Å². The van der Waals surface area contributed by atoms with Gasteiger partial charge in [0.05, 0.1) is 23.2 Å². The Morgan fingerprint density at radius 2 is 1.30 bits per heavy atom. The van der Waals surface area contributed by atoms with Crippen molar-refractivity contribution in [3.63, 3.8) is 0 Å². The number of ether oxygens (including phenoxy) is 1. The molecule has 0 saturated carbocycles. The summed E-state index contributed by atoms with van der Waals surface area (Å²) < 4.78 is 30.3. The summed E-state index contributed by atoms with van der Waals surface area (Å²) in [6.07, 6.45) is -0.116. The Bertz CT molecular complexity index is 1140. The first-order valence-corrected chi connectivity index (χ1v) is 12.2. The zero-order valence-electron chi connectivity index (χ0n) is 18.6. The molecule has 3 rings (SSSR count). The molecule has 0 aliphatic heterocycles. The Morgan fingerprint density at radius 1 is 0.848 bits per heavy atom. The topological polar surface area (TPSA) is 89.5 Å². The smallest absolute Gasteiger partial charge is 0.328 e. The molecule has 0 radical (unpaired) electrons. The third-order valence-electron chi connectivity index (χ3n) is 5.73. The number of sulfone groups is 1. The number of amides is 1. The van der Waals surface area contributed by atoms with E-state index in [1.165, 1.54) is 19.2 Å². The monoisotopic (exact) mass is 465 g/mol. The van der Waals surface area contributed by atoms with Crippen molar-refractivity contribution >= 4 is 21.7 Å². The van der Waals surface area contributed by atoms with Crippen LogP contribution in [0.3, 0.4) is 0 Å². The van der Waals surface area contributed by atoms with Crippen molar-refractivity contribution < 1.29 is 22.7 Å². The highest BCUT2D eigenvalue weighted by Crippen LogP contribution is 2.32. The molecule has 0 aliphatic carbocycles. The van der Waals surface area contributed by atoms with Crippen molar-refractivity contribution in [2.75, 3.05) is 12.9 Å². The van der Waals surface area contributed by atoms with E-state index in [4.69, 9.17) is 4.74 Å². The molecule has 7 heteroatoms. The quantitative estimate of drug-likeness (QED) is 0.489. The van der Waals surface area contributed by atoms with Crippen LogP contribution in [-0.4, -0.2) is 39.2 Å². The van der Waals surface area contributed by atoms with Crippen LogP contribution in [0.2, 0.25) is 0 Å². The van der Waals surface area contributed by atoms with Gasteiger partial charge in [0.25, 0.3) is 0 Å². The van der Waals surface area contributed by atoms with Gasteiger partial charge in [0, 0.05) is 0 Å². The highest BCUT2D eigenvalue weighted by molar-refractivity contribution is 7.91. The fourth-order valence-electron chi connectivity index (χ4n) is 3.68. The second kappa shape index (κ2) is 10.4. The normalized spacial score (nSPS) is 12.5. The molecule has 0 aliphatic rings. The summed E-state index contributed by atoms with van der Waals surface area (Å²) in [7, 11) is -2.42. The van der Waals surface area contributed by atoms with Crippen LogP contribution >= 0.6 is 0 Å². The van der Waals surface area contributed by atoms with E-state index in [0.717, 1.165) is 11.1 Å². The van der Waals surface area contributed by atoms with Crippen LogP contribution in [-0.2, 0) is 29.6 Å². The molecule has 3 aromatic rings. The highest BCUT2D eigenvalue weighted by atomic mass is 32.2. The average molecular weight is 466 g/mol. The first kappa shape index (κ1) is 24.2. The molecule has 3 aromatic carbocycles. The van der Waals surface area contributed by atoms with Gasteiger partial charge in [-0.25, -0.2) is 13.2 Å². The molecule has 0 fully saturated rings. The molecule has 33 heavy (non-hydrogen) atoms. The first-order chi connectivity index (χ1) is 15.8. The Morgan fingerprint density at radius 3 is 1.76 bits per heavy atom. The predicted molar refractivity (Wildman–Crippen MR) is 126 cm³/mol. The number of carbonyl (C=O) groups excluding carboxylic acids is 2. The van der Waals surface area contributed by atoms with Crippen molar-refractivity contribution in [3.05, 3.63) is 102 Å². The van der Waals surface area contributed by atoms with Crippen LogP contribution < -0.4 is 5.32 Å². The van der Waals surface area contributed by atoms with E-state index in [9.17, 15) is 18.0 Å². The van der Waals surface area contributed by atoms with Gasteiger partial charge < -0.3 is 10.1 Å². The minimum atomic E-state index is -3.63. The van der Waals surface area contributed by atoms with Gasteiger partial charge in [-0.2, -0.15) is 0 Å². The van der Waals surface area contributed by atoms with E-state index in [2.05, 4.69) is 5.32 Å². The molecule has 1 atom stereocenters. The molecule has 0 bridgehead atoms. The molecule has 6 nitrogen and oxygen atoms in total. The number of hydrogen-bond donors (Lipinski definition) is 1. The summed E-state index contributed by atoms with van der Waals surface area (Å²) in [5.41, 5.74) is 0.385. The van der Waals surface area contributed by atoms with E-state index < -0.39 is 33.2 Å². The number of methoxy groups -OCH3 is 1. The number of benzene rings is 3. The van der Waals surface area contributed by atoms with Crippen LogP contribution in [0.15, 0.2) is 95.9 Å². The van der Waals surface area contributed by atoms with Gasteiger partial charge in [0.1, 0.15) is 6.04 Å². The molecule has 172 valence electrons. The van der Waals surface area contributed by atoms with E-state index in [1.807, 2.05) is 60.7 Å². The van der Waals surface area contributed by atoms with Crippen molar-refractivity contribution in [1.29, 1.82) is 0 Å². The van der Waals surface area contributed by atoms with Crippen LogP contribution in [0.1, 0.15) is 24.5 Å². The van der Waals surface area contributed by atoms with E-state index in [-0.39, 0.29) is 17.1 Å². The third-order valence-corrected chi connectivity index (χ3v) is 7.49. The molecule has 0 unspecified atom stereocenters. The first-order valence-electron chi connectivity index (χ1n) is 10.6. The largest absolute Gasteiger partial charge is 0.467 e. The maximum Gasteiger partial charge on any atom is 0.328 e. The summed E-state index contributed by atoms with van der Waals surface area (Å²) in [6.45, 7) is 1.78. The number of rotatable bonds is 9. The maximum absolute atomic E-state index is 13.6. The van der Waals surface area contributed by atoms with E-state index in [0.29, 0.717) is 0 Å². The lowest BCUT2D eigenvalue weighted by molar-refractivity contribution is -0.145. The Hall–Kier alpha value is -3.45. The Balaban J connectivity index is 1.88. The summed E-state index contributed by atoms with van der Waals surface area (Å²) in [6, 6.07) is 25.4. The Labute approximate surface area is 194 Å². The van der Waals surface area contributed by atoms with Gasteiger partial charge in [-0.3, -0.25) is 4.79 Å². The Kier molecular flexibility index (Phi) is 7.66. The molecule has 1 amide bonds. The van der Waals surface area contributed by atoms with Gasteiger partial charge in [0.15, 0.2) is 9.84 Å². The summed E-state index contributed by atoms with van der Waals surface area (Å²) >= 11 is 0. The fourth-order valence-corrected chi connectivity index (χ4v) is 5.04. The van der Waals surface area contributed by atoms with Crippen LogP contribution in [0.5, 0.6) is 0 Å². The maximum atomic E-state index is 13.6. The molecular weight excluding hydrogens is 438 g/mol. The predicted octanol–water partition coefficient (Wildman–Crippen LogP) is 3.51. The van der Waals surface area contributed by atoms with E-state index in [1.54, 1.807) is 25.1 Å². The average Bonchev–Trinajstić information content (AvgIpc) is 2.87. The van der Waals surface area contributed by atoms with Gasteiger partial charge >= 0.3 is 5.97 Å². The number of esters is 1. The lowest BCUT2D eigenvalue weighted by Gasteiger charge is -2.31. The number of nitrogens with one attached hydrogen (secondary N) is 1. The lowest BCUT2D eigenvalue weighted by Crippen LogP contribution is -2.50. The molecule has 0 saturated heterocycles. The van der Waals surface area contributed by atoms with E-state index >= 15 is 0 Å².